The Hall–Kier alpha value is -0.730. The number of nitrogens with zero attached hydrogens (tertiary/aromatic N) is 3. The maximum atomic E-state index is 8.33. The van der Waals surface area contributed by atoms with Gasteiger partial charge in [-0.2, -0.15) is 0 Å². The van der Waals surface area contributed by atoms with Crippen LogP contribution in [0.3, 0.4) is 0 Å². The van der Waals surface area contributed by atoms with Crippen molar-refractivity contribution < 1.29 is 4.74 Å². The van der Waals surface area contributed by atoms with Gasteiger partial charge in [0, 0.05) is 11.0 Å². The standard InChI is InChI=1S/C8H15N3O/c1-5-4-8(10-11-9)6(2)7(3)12-5/h5-8H,4H2,1-3H3/t5-,6-,7?,8?/m0/s1. The minimum Gasteiger partial charge on any atom is -0.375 e. The van der Waals surface area contributed by atoms with E-state index >= 15 is 0 Å². The Balaban J connectivity index is 2.65. The summed E-state index contributed by atoms with van der Waals surface area (Å²) in [6, 6.07) is 0.105. The van der Waals surface area contributed by atoms with Crippen LogP contribution in [0.25, 0.3) is 10.4 Å². The van der Waals surface area contributed by atoms with Crippen molar-refractivity contribution in [2.45, 2.75) is 45.4 Å². The van der Waals surface area contributed by atoms with Gasteiger partial charge in [-0.25, -0.2) is 0 Å². The Morgan fingerprint density at radius 2 is 2.08 bits per heavy atom. The molecule has 1 aliphatic rings. The van der Waals surface area contributed by atoms with E-state index < -0.39 is 0 Å². The third-order valence-corrected chi connectivity index (χ3v) is 2.57. The van der Waals surface area contributed by atoms with Gasteiger partial charge in [-0.05, 0) is 31.7 Å². The van der Waals surface area contributed by atoms with Crippen molar-refractivity contribution in [3.05, 3.63) is 10.4 Å². The summed E-state index contributed by atoms with van der Waals surface area (Å²) in [6.45, 7) is 6.11. The molecule has 4 atom stereocenters. The average molecular weight is 169 g/mol. The van der Waals surface area contributed by atoms with E-state index in [1.54, 1.807) is 0 Å². The molecule has 1 rings (SSSR count). The zero-order chi connectivity index (χ0) is 9.14. The Labute approximate surface area is 72.5 Å². The molecule has 4 nitrogen and oxygen atoms in total. The van der Waals surface area contributed by atoms with Gasteiger partial charge in [-0.3, -0.25) is 0 Å². The lowest BCUT2D eigenvalue weighted by Gasteiger charge is -2.35. The van der Waals surface area contributed by atoms with E-state index in [9.17, 15) is 0 Å². The molecule has 12 heavy (non-hydrogen) atoms. The minimum atomic E-state index is 0.105. The zero-order valence-corrected chi connectivity index (χ0v) is 7.77. The van der Waals surface area contributed by atoms with E-state index in [0.29, 0.717) is 5.92 Å². The molecule has 4 heteroatoms. The number of rotatable bonds is 1. The molecule has 0 spiro atoms. The molecule has 0 radical (unpaired) electrons. The molecular weight excluding hydrogens is 154 g/mol. The predicted molar refractivity (Wildman–Crippen MR) is 46.7 cm³/mol. The van der Waals surface area contributed by atoms with Gasteiger partial charge in [-0.15, -0.1) is 0 Å². The molecule has 0 N–H and O–H groups in total. The number of ether oxygens (including phenoxy) is 1. The van der Waals surface area contributed by atoms with E-state index in [2.05, 4.69) is 16.9 Å². The quantitative estimate of drug-likeness (QED) is 0.338. The van der Waals surface area contributed by atoms with E-state index in [-0.39, 0.29) is 18.2 Å². The fourth-order valence-electron chi connectivity index (χ4n) is 1.63. The first kappa shape index (κ1) is 9.36. The highest BCUT2D eigenvalue weighted by atomic mass is 16.5. The van der Waals surface area contributed by atoms with Crippen LogP contribution in [-0.2, 0) is 4.74 Å². The summed E-state index contributed by atoms with van der Waals surface area (Å²) >= 11 is 0. The Morgan fingerprint density at radius 3 is 2.67 bits per heavy atom. The molecule has 0 bridgehead atoms. The normalized spacial score (nSPS) is 41.9. The smallest absolute Gasteiger partial charge is 0.0580 e. The molecule has 1 heterocycles. The first-order valence-electron chi connectivity index (χ1n) is 4.34. The zero-order valence-electron chi connectivity index (χ0n) is 7.77. The van der Waals surface area contributed by atoms with Gasteiger partial charge in [-0.1, -0.05) is 12.0 Å². The monoisotopic (exact) mass is 169 g/mol. The summed E-state index contributed by atoms with van der Waals surface area (Å²) < 4.78 is 5.59. The van der Waals surface area contributed by atoms with Crippen LogP contribution < -0.4 is 0 Å². The van der Waals surface area contributed by atoms with Crippen LogP contribution in [0, 0.1) is 5.92 Å². The van der Waals surface area contributed by atoms with E-state index in [1.165, 1.54) is 0 Å². The summed E-state index contributed by atoms with van der Waals surface area (Å²) in [5.41, 5.74) is 8.33. The molecule has 0 saturated carbocycles. The average Bonchev–Trinajstić information content (AvgIpc) is 2.00. The van der Waals surface area contributed by atoms with Gasteiger partial charge >= 0.3 is 0 Å². The molecule has 0 aromatic rings. The van der Waals surface area contributed by atoms with Gasteiger partial charge < -0.3 is 4.74 Å². The largest absolute Gasteiger partial charge is 0.375 e. The predicted octanol–water partition coefficient (Wildman–Crippen LogP) is 2.50. The van der Waals surface area contributed by atoms with Crippen LogP contribution in [0.4, 0.5) is 0 Å². The molecule has 1 fully saturated rings. The molecule has 0 aromatic heterocycles. The van der Waals surface area contributed by atoms with Crippen LogP contribution in [-0.4, -0.2) is 18.2 Å². The Morgan fingerprint density at radius 1 is 1.42 bits per heavy atom. The third-order valence-electron chi connectivity index (χ3n) is 2.57. The summed E-state index contributed by atoms with van der Waals surface area (Å²) in [4.78, 5) is 2.85. The lowest BCUT2D eigenvalue weighted by Crippen LogP contribution is -2.39. The second-order valence-corrected chi connectivity index (χ2v) is 3.52. The van der Waals surface area contributed by atoms with Crippen LogP contribution in [0.15, 0.2) is 5.11 Å². The lowest BCUT2D eigenvalue weighted by atomic mass is 9.90. The summed E-state index contributed by atoms with van der Waals surface area (Å²) in [6.07, 6.45) is 1.26. The summed E-state index contributed by atoms with van der Waals surface area (Å²) in [5, 5.41) is 3.77. The molecule has 1 saturated heterocycles. The van der Waals surface area contributed by atoms with Crippen molar-refractivity contribution in [2.24, 2.45) is 11.0 Å². The molecule has 2 unspecified atom stereocenters. The van der Waals surface area contributed by atoms with E-state index in [0.717, 1.165) is 6.42 Å². The van der Waals surface area contributed by atoms with Crippen molar-refractivity contribution in [1.29, 1.82) is 0 Å². The van der Waals surface area contributed by atoms with Gasteiger partial charge in [0.25, 0.3) is 0 Å². The van der Waals surface area contributed by atoms with Crippen molar-refractivity contribution in [2.75, 3.05) is 0 Å². The Bertz CT molecular complexity index is 200. The van der Waals surface area contributed by atoms with Gasteiger partial charge in [0.1, 0.15) is 0 Å². The SMILES string of the molecule is CC1O[C@@H](C)CC(N=[N+]=[N-])[C@H]1C. The van der Waals surface area contributed by atoms with Crippen LogP contribution in [0.2, 0.25) is 0 Å². The summed E-state index contributed by atoms with van der Waals surface area (Å²) in [5.74, 6) is 0.331. The maximum absolute atomic E-state index is 8.33. The van der Waals surface area contributed by atoms with Crippen molar-refractivity contribution in [3.63, 3.8) is 0 Å². The second-order valence-electron chi connectivity index (χ2n) is 3.52. The number of hydrogen-bond acceptors (Lipinski definition) is 2. The van der Waals surface area contributed by atoms with Gasteiger partial charge in [0.15, 0.2) is 0 Å². The van der Waals surface area contributed by atoms with Crippen LogP contribution in [0.1, 0.15) is 27.2 Å². The highest BCUT2D eigenvalue weighted by molar-refractivity contribution is 4.84. The molecule has 0 amide bonds. The first-order valence-corrected chi connectivity index (χ1v) is 4.34. The molecule has 1 aliphatic heterocycles. The van der Waals surface area contributed by atoms with Gasteiger partial charge in [0.2, 0.25) is 0 Å². The minimum absolute atomic E-state index is 0.105. The Kier molecular flexibility index (Phi) is 2.95. The molecular formula is C8H15N3O. The van der Waals surface area contributed by atoms with Crippen molar-refractivity contribution >= 4 is 0 Å². The fraction of sp³-hybridized carbons (Fsp3) is 1.00. The summed E-state index contributed by atoms with van der Waals surface area (Å²) in [7, 11) is 0. The van der Waals surface area contributed by atoms with Gasteiger partial charge in [0.05, 0.1) is 12.2 Å². The van der Waals surface area contributed by atoms with Crippen LogP contribution in [0.5, 0.6) is 0 Å². The van der Waals surface area contributed by atoms with Crippen LogP contribution >= 0.6 is 0 Å². The number of azide groups is 1. The maximum Gasteiger partial charge on any atom is 0.0580 e. The third kappa shape index (κ3) is 1.90. The lowest BCUT2D eigenvalue weighted by molar-refractivity contribution is -0.0681. The van der Waals surface area contributed by atoms with Crippen molar-refractivity contribution in [1.82, 2.24) is 0 Å². The van der Waals surface area contributed by atoms with E-state index in [4.69, 9.17) is 10.3 Å². The molecule has 68 valence electrons. The van der Waals surface area contributed by atoms with Crippen molar-refractivity contribution in [3.8, 4) is 0 Å². The highest BCUT2D eigenvalue weighted by Crippen LogP contribution is 2.27. The first-order chi connectivity index (χ1) is 5.65. The van der Waals surface area contributed by atoms with E-state index in [1.807, 2.05) is 13.8 Å². The highest BCUT2D eigenvalue weighted by Gasteiger charge is 2.30. The molecule has 0 aromatic carbocycles. The number of hydrogen-bond donors (Lipinski definition) is 0. The molecule has 0 aliphatic carbocycles. The second kappa shape index (κ2) is 3.78. The fourth-order valence-corrected chi connectivity index (χ4v) is 1.63. The topological polar surface area (TPSA) is 58.0 Å².